The average molecular weight is 254 g/mol. The van der Waals surface area contributed by atoms with Gasteiger partial charge >= 0.3 is 0 Å². The van der Waals surface area contributed by atoms with Crippen LogP contribution >= 0.6 is 0 Å². The number of ether oxygens (including phenoxy) is 1. The van der Waals surface area contributed by atoms with Crippen LogP contribution in [0, 0.1) is 0 Å². The van der Waals surface area contributed by atoms with E-state index in [9.17, 15) is 5.11 Å². The molecule has 1 aromatic heterocycles. The summed E-state index contributed by atoms with van der Waals surface area (Å²) in [6.07, 6.45) is 3.74. The van der Waals surface area contributed by atoms with Crippen molar-refractivity contribution in [2.75, 3.05) is 26.3 Å². The zero-order valence-electron chi connectivity index (χ0n) is 11.0. The fourth-order valence-corrected chi connectivity index (χ4v) is 2.55. The Morgan fingerprint density at radius 1 is 1.67 bits per heavy atom. The number of hydrogen-bond acceptors (Lipinski definition) is 5. The van der Waals surface area contributed by atoms with Gasteiger partial charge in [-0.3, -0.25) is 9.58 Å². The van der Waals surface area contributed by atoms with E-state index in [4.69, 9.17) is 10.5 Å². The maximum atomic E-state index is 9.20. The highest BCUT2D eigenvalue weighted by atomic mass is 16.5. The molecule has 0 radical (unpaired) electrons. The van der Waals surface area contributed by atoms with Crippen LogP contribution in [0.3, 0.4) is 0 Å². The van der Waals surface area contributed by atoms with Gasteiger partial charge < -0.3 is 15.6 Å². The predicted molar refractivity (Wildman–Crippen MR) is 68.0 cm³/mol. The molecule has 0 amide bonds. The Bertz CT molecular complexity index is 380. The van der Waals surface area contributed by atoms with Gasteiger partial charge in [-0.2, -0.15) is 5.10 Å². The van der Waals surface area contributed by atoms with Crippen molar-refractivity contribution in [1.82, 2.24) is 14.7 Å². The lowest BCUT2D eigenvalue weighted by Crippen LogP contribution is -2.49. The molecule has 6 nitrogen and oxygen atoms in total. The molecule has 2 rings (SSSR count). The largest absolute Gasteiger partial charge is 0.394 e. The SMILES string of the molecule is CC(N)C(c1cnn(C)c1)N1CCOC(CO)C1. The van der Waals surface area contributed by atoms with Crippen molar-refractivity contribution >= 4 is 0 Å². The first-order valence-electron chi connectivity index (χ1n) is 6.32. The quantitative estimate of drug-likeness (QED) is 0.757. The van der Waals surface area contributed by atoms with E-state index in [2.05, 4.69) is 10.00 Å². The molecule has 1 fully saturated rings. The standard InChI is InChI=1S/C12H22N4O2/c1-9(13)12(10-5-14-15(2)6-10)16-3-4-18-11(7-16)8-17/h5-6,9,11-12,17H,3-4,7-8,13H2,1-2H3. The zero-order chi connectivity index (χ0) is 13.1. The van der Waals surface area contributed by atoms with Crippen LogP contribution in [0.2, 0.25) is 0 Å². The predicted octanol–water partition coefficient (Wildman–Crippen LogP) is -0.498. The molecule has 1 saturated heterocycles. The van der Waals surface area contributed by atoms with Crippen molar-refractivity contribution in [2.24, 2.45) is 12.8 Å². The Kier molecular flexibility index (Phi) is 4.34. The van der Waals surface area contributed by atoms with Gasteiger partial charge in [0, 0.05) is 37.9 Å². The zero-order valence-corrected chi connectivity index (χ0v) is 11.0. The average Bonchev–Trinajstić information content (AvgIpc) is 2.75. The van der Waals surface area contributed by atoms with Crippen molar-refractivity contribution in [3.63, 3.8) is 0 Å². The van der Waals surface area contributed by atoms with Gasteiger partial charge in [-0.25, -0.2) is 0 Å². The molecule has 2 heterocycles. The molecule has 6 heteroatoms. The highest BCUT2D eigenvalue weighted by Gasteiger charge is 2.30. The van der Waals surface area contributed by atoms with Gasteiger partial charge in [0.1, 0.15) is 0 Å². The van der Waals surface area contributed by atoms with Crippen LogP contribution < -0.4 is 5.73 Å². The Hall–Kier alpha value is -0.950. The number of nitrogens with two attached hydrogens (primary N) is 1. The van der Waals surface area contributed by atoms with Crippen molar-refractivity contribution in [2.45, 2.75) is 25.1 Å². The van der Waals surface area contributed by atoms with Crippen molar-refractivity contribution in [1.29, 1.82) is 0 Å². The third-order valence-electron chi connectivity index (χ3n) is 3.33. The topological polar surface area (TPSA) is 76.5 Å². The second-order valence-corrected chi connectivity index (χ2v) is 4.92. The van der Waals surface area contributed by atoms with Gasteiger partial charge in [0.2, 0.25) is 0 Å². The van der Waals surface area contributed by atoms with E-state index in [-0.39, 0.29) is 24.8 Å². The van der Waals surface area contributed by atoms with Crippen LogP contribution in [0.5, 0.6) is 0 Å². The maximum Gasteiger partial charge on any atom is 0.0933 e. The van der Waals surface area contributed by atoms with Crippen LogP contribution in [-0.4, -0.2) is 58.2 Å². The number of nitrogens with zero attached hydrogens (tertiary/aromatic N) is 3. The summed E-state index contributed by atoms with van der Waals surface area (Å²) in [5, 5.41) is 13.4. The van der Waals surface area contributed by atoms with Crippen molar-refractivity contribution < 1.29 is 9.84 Å². The number of morpholine rings is 1. The van der Waals surface area contributed by atoms with Gasteiger partial charge in [0.05, 0.1) is 31.6 Å². The van der Waals surface area contributed by atoms with Crippen LogP contribution in [0.4, 0.5) is 0 Å². The number of aryl methyl sites for hydroxylation is 1. The van der Waals surface area contributed by atoms with E-state index in [1.165, 1.54) is 0 Å². The summed E-state index contributed by atoms with van der Waals surface area (Å²) >= 11 is 0. The van der Waals surface area contributed by atoms with E-state index in [0.717, 1.165) is 12.1 Å². The number of aromatic nitrogens is 2. The molecular weight excluding hydrogens is 232 g/mol. The minimum atomic E-state index is -0.114. The van der Waals surface area contributed by atoms with Crippen LogP contribution in [0.25, 0.3) is 0 Å². The monoisotopic (exact) mass is 254 g/mol. The minimum absolute atomic E-state index is 0.00615. The third kappa shape index (κ3) is 2.89. The Labute approximate surface area is 107 Å². The molecule has 0 saturated carbocycles. The van der Waals surface area contributed by atoms with E-state index < -0.39 is 0 Å². The summed E-state index contributed by atoms with van der Waals surface area (Å²) in [7, 11) is 1.90. The smallest absolute Gasteiger partial charge is 0.0933 e. The molecule has 0 aromatic carbocycles. The van der Waals surface area contributed by atoms with Gasteiger partial charge in [0.15, 0.2) is 0 Å². The molecule has 0 spiro atoms. The normalized spacial score (nSPS) is 25.0. The molecule has 18 heavy (non-hydrogen) atoms. The molecule has 1 aliphatic heterocycles. The minimum Gasteiger partial charge on any atom is -0.394 e. The molecule has 1 aliphatic rings. The first-order valence-corrected chi connectivity index (χ1v) is 6.32. The lowest BCUT2D eigenvalue weighted by molar-refractivity contribution is -0.0675. The summed E-state index contributed by atoms with van der Waals surface area (Å²) < 4.78 is 7.26. The highest BCUT2D eigenvalue weighted by molar-refractivity contribution is 5.13. The van der Waals surface area contributed by atoms with E-state index in [0.29, 0.717) is 13.2 Å². The third-order valence-corrected chi connectivity index (χ3v) is 3.33. The summed E-state index contributed by atoms with van der Waals surface area (Å²) in [5.74, 6) is 0. The number of aliphatic hydroxyl groups is 1. The second kappa shape index (κ2) is 5.79. The van der Waals surface area contributed by atoms with E-state index in [1.807, 2.05) is 26.4 Å². The van der Waals surface area contributed by atoms with Crippen LogP contribution in [-0.2, 0) is 11.8 Å². The lowest BCUT2D eigenvalue weighted by Gasteiger charge is -2.39. The van der Waals surface area contributed by atoms with Crippen LogP contribution in [0.15, 0.2) is 12.4 Å². The number of aliphatic hydroxyl groups excluding tert-OH is 1. The van der Waals surface area contributed by atoms with E-state index in [1.54, 1.807) is 4.68 Å². The first kappa shape index (κ1) is 13.5. The van der Waals surface area contributed by atoms with Crippen molar-refractivity contribution in [3.8, 4) is 0 Å². The fraction of sp³-hybridized carbons (Fsp3) is 0.750. The molecule has 102 valence electrons. The molecule has 3 atom stereocenters. The summed E-state index contributed by atoms with van der Waals surface area (Å²) in [5.41, 5.74) is 7.23. The van der Waals surface area contributed by atoms with Gasteiger partial charge in [-0.1, -0.05) is 0 Å². The first-order chi connectivity index (χ1) is 8.61. The van der Waals surface area contributed by atoms with Crippen molar-refractivity contribution in [3.05, 3.63) is 18.0 Å². The molecule has 1 aromatic rings. The van der Waals surface area contributed by atoms with Gasteiger partial charge in [-0.15, -0.1) is 0 Å². The number of hydrogen-bond donors (Lipinski definition) is 2. The Morgan fingerprint density at radius 2 is 2.44 bits per heavy atom. The fourth-order valence-electron chi connectivity index (χ4n) is 2.55. The second-order valence-electron chi connectivity index (χ2n) is 4.92. The van der Waals surface area contributed by atoms with Gasteiger partial charge in [0.25, 0.3) is 0 Å². The maximum absolute atomic E-state index is 9.20. The lowest BCUT2D eigenvalue weighted by atomic mass is 10.0. The molecule has 0 bridgehead atoms. The van der Waals surface area contributed by atoms with E-state index >= 15 is 0 Å². The highest BCUT2D eigenvalue weighted by Crippen LogP contribution is 2.25. The Morgan fingerprint density at radius 3 is 3.00 bits per heavy atom. The summed E-state index contributed by atoms with van der Waals surface area (Å²) in [6, 6.07) is 0.128. The van der Waals surface area contributed by atoms with Gasteiger partial charge in [-0.05, 0) is 6.92 Å². The summed E-state index contributed by atoms with van der Waals surface area (Å²) in [4.78, 5) is 2.27. The molecule has 3 unspecified atom stereocenters. The molecular formula is C12H22N4O2. The van der Waals surface area contributed by atoms with Crippen LogP contribution in [0.1, 0.15) is 18.5 Å². The molecule has 3 N–H and O–H groups in total. The number of rotatable bonds is 4. The molecule has 0 aliphatic carbocycles. The summed E-state index contributed by atoms with van der Waals surface area (Å²) in [6.45, 7) is 4.22. The Balaban J connectivity index is 2.14.